The van der Waals surface area contributed by atoms with Crippen LogP contribution in [0.1, 0.15) is 24.2 Å². The van der Waals surface area contributed by atoms with Gasteiger partial charge in [0.1, 0.15) is 5.75 Å². The molecule has 33 heavy (non-hydrogen) atoms. The van der Waals surface area contributed by atoms with E-state index in [1.807, 2.05) is 55.1 Å². The summed E-state index contributed by atoms with van der Waals surface area (Å²) in [5.41, 5.74) is 1.79. The van der Waals surface area contributed by atoms with E-state index in [9.17, 15) is 9.59 Å². The molecule has 172 valence electrons. The molecular formula is C25H27N3O4S. The van der Waals surface area contributed by atoms with Gasteiger partial charge in [0, 0.05) is 18.5 Å². The lowest BCUT2D eigenvalue weighted by atomic mass is 10.1. The monoisotopic (exact) mass is 465 g/mol. The number of nitrogens with one attached hydrogen (secondary N) is 1. The first-order valence-electron chi connectivity index (χ1n) is 10.8. The molecule has 2 unspecified atom stereocenters. The van der Waals surface area contributed by atoms with E-state index in [-0.39, 0.29) is 29.8 Å². The molecule has 1 saturated heterocycles. The van der Waals surface area contributed by atoms with Crippen molar-refractivity contribution in [3.05, 3.63) is 60.2 Å². The molecule has 2 heterocycles. The van der Waals surface area contributed by atoms with Crippen molar-refractivity contribution in [1.82, 2.24) is 9.88 Å². The molecule has 2 atom stereocenters. The summed E-state index contributed by atoms with van der Waals surface area (Å²) in [4.78, 5) is 32.5. The first-order chi connectivity index (χ1) is 15.9. The molecule has 8 heteroatoms. The summed E-state index contributed by atoms with van der Waals surface area (Å²) in [5, 5.41) is 4.31. The molecule has 1 aliphatic rings. The lowest BCUT2D eigenvalue weighted by Crippen LogP contribution is -2.48. The van der Waals surface area contributed by atoms with Gasteiger partial charge in [0.25, 0.3) is 5.91 Å². The van der Waals surface area contributed by atoms with Gasteiger partial charge in [-0.1, -0.05) is 42.1 Å². The van der Waals surface area contributed by atoms with E-state index >= 15 is 0 Å². The number of thioether (sulfide) groups is 1. The fraction of sp³-hybridized carbons (Fsp3) is 0.320. The number of carbonyl (C=O) groups excluding carboxylic acids is 2. The molecule has 0 spiro atoms. The first-order valence-corrected chi connectivity index (χ1v) is 11.8. The molecule has 1 N–H and O–H groups in total. The normalized spacial score (nSPS) is 18.2. The summed E-state index contributed by atoms with van der Waals surface area (Å²) in [6.45, 7) is 5.12. The van der Waals surface area contributed by atoms with Gasteiger partial charge in [-0.15, -0.1) is 0 Å². The van der Waals surface area contributed by atoms with Crippen molar-refractivity contribution in [3.63, 3.8) is 0 Å². The van der Waals surface area contributed by atoms with Crippen LogP contribution in [0.3, 0.4) is 0 Å². The highest BCUT2D eigenvalue weighted by Crippen LogP contribution is 2.28. The second-order valence-corrected chi connectivity index (χ2v) is 9.02. The predicted molar refractivity (Wildman–Crippen MR) is 130 cm³/mol. The highest BCUT2D eigenvalue weighted by atomic mass is 32.2. The highest BCUT2D eigenvalue weighted by molar-refractivity contribution is 7.99. The molecule has 0 saturated carbocycles. The number of aromatic nitrogens is 1. The number of carbonyl (C=O) groups is 2. The minimum Gasteiger partial charge on any atom is -0.495 e. The summed E-state index contributed by atoms with van der Waals surface area (Å²) in [6.07, 6.45) is 0.0403. The Morgan fingerprint density at radius 3 is 2.58 bits per heavy atom. The van der Waals surface area contributed by atoms with Gasteiger partial charge in [0.05, 0.1) is 46.9 Å². The fourth-order valence-electron chi connectivity index (χ4n) is 3.96. The Labute approximate surface area is 197 Å². The minimum atomic E-state index is -0.262. The smallest absolute Gasteiger partial charge is 0.256 e. The number of hydrogen-bond donors (Lipinski definition) is 1. The van der Waals surface area contributed by atoms with E-state index < -0.39 is 0 Å². The SMILES string of the molecule is COc1ccccc1NC(=O)c1cc(SCC(=O)N2CC(C)OC(C)C2)nc2ccccc12. The topological polar surface area (TPSA) is 80.8 Å². The van der Waals surface area contributed by atoms with E-state index in [0.29, 0.717) is 40.6 Å². The lowest BCUT2D eigenvalue weighted by molar-refractivity contribution is -0.140. The van der Waals surface area contributed by atoms with Crippen LogP contribution in [-0.4, -0.2) is 59.9 Å². The zero-order chi connectivity index (χ0) is 23.4. The molecule has 2 amide bonds. The molecule has 4 rings (SSSR count). The number of rotatable bonds is 6. The average Bonchev–Trinajstić information content (AvgIpc) is 2.81. The third kappa shape index (κ3) is 5.46. The number of para-hydroxylation sites is 3. The average molecular weight is 466 g/mol. The maximum absolute atomic E-state index is 13.2. The number of fused-ring (bicyclic) bond motifs is 1. The standard InChI is InChI=1S/C25H27N3O4S/c1-16-13-28(14-17(2)32-16)24(29)15-33-23-12-19(18-8-4-5-9-20(18)26-23)25(30)27-21-10-6-7-11-22(21)31-3/h4-12,16-17H,13-15H2,1-3H3,(H,27,30). The van der Waals surface area contributed by atoms with Crippen LogP contribution in [-0.2, 0) is 9.53 Å². The summed E-state index contributed by atoms with van der Waals surface area (Å²) >= 11 is 1.34. The number of amides is 2. The molecule has 1 aromatic heterocycles. The first kappa shape index (κ1) is 23.1. The van der Waals surface area contributed by atoms with Crippen LogP contribution >= 0.6 is 11.8 Å². The van der Waals surface area contributed by atoms with Crippen molar-refractivity contribution in [1.29, 1.82) is 0 Å². The molecule has 7 nitrogen and oxygen atoms in total. The van der Waals surface area contributed by atoms with Gasteiger partial charge in [-0.2, -0.15) is 0 Å². The molecule has 0 aliphatic carbocycles. The fourth-order valence-corrected chi connectivity index (χ4v) is 4.78. The third-order valence-electron chi connectivity index (χ3n) is 5.41. The number of hydrogen-bond acceptors (Lipinski definition) is 6. The molecule has 0 bridgehead atoms. The van der Waals surface area contributed by atoms with Crippen LogP contribution in [0.2, 0.25) is 0 Å². The van der Waals surface area contributed by atoms with Crippen LogP contribution in [0.4, 0.5) is 5.69 Å². The summed E-state index contributed by atoms with van der Waals surface area (Å²) < 4.78 is 11.1. The Bertz CT molecular complexity index is 1160. The van der Waals surface area contributed by atoms with Crippen molar-refractivity contribution >= 4 is 40.2 Å². The zero-order valence-electron chi connectivity index (χ0n) is 18.9. The van der Waals surface area contributed by atoms with Crippen molar-refractivity contribution in [3.8, 4) is 5.75 Å². The Hall–Kier alpha value is -3.10. The van der Waals surface area contributed by atoms with Gasteiger partial charge < -0.3 is 19.7 Å². The maximum atomic E-state index is 13.2. The predicted octanol–water partition coefficient (Wildman–Crippen LogP) is 4.22. The van der Waals surface area contributed by atoms with Crippen LogP contribution in [0, 0.1) is 0 Å². The Balaban J connectivity index is 1.55. The largest absolute Gasteiger partial charge is 0.495 e. The number of pyridine rings is 1. The van der Waals surface area contributed by atoms with Gasteiger partial charge in [-0.25, -0.2) is 4.98 Å². The van der Waals surface area contributed by atoms with Gasteiger partial charge in [-0.05, 0) is 38.1 Å². The molecule has 0 radical (unpaired) electrons. The van der Waals surface area contributed by atoms with Crippen LogP contribution in [0.15, 0.2) is 59.6 Å². The van der Waals surface area contributed by atoms with Crippen molar-refractivity contribution in [2.75, 3.05) is 31.3 Å². The lowest BCUT2D eigenvalue weighted by Gasteiger charge is -2.35. The Morgan fingerprint density at radius 2 is 1.82 bits per heavy atom. The number of benzene rings is 2. The van der Waals surface area contributed by atoms with E-state index in [1.165, 1.54) is 11.8 Å². The third-order valence-corrected chi connectivity index (χ3v) is 6.30. The molecular weight excluding hydrogens is 438 g/mol. The number of anilines is 1. The molecule has 2 aromatic carbocycles. The van der Waals surface area contributed by atoms with Gasteiger partial charge in [-0.3, -0.25) is 9.59 Å². The van der Waals surface area contributed by atoms with Crippen LogP contribution < -0.4 is 10.1 Å². The van der Waals surface area contributed by atoms with Gasteiger partial charge in [0.15, 0.2) is 0 Å². The Morgan fingerprint density at radius 1 is 1.12 bits per heavy atom. The molecule has 1 fully saturated rings. The van der Waals surface area contributed by atoms with Gasteiger partial charge in [0.2, 0.25) is 5.91 Å². The van der Waals surface area contributed by atoms with E-state index in [0.717, 1.165) is 5.39 Å². The van der Waals surface area contributed by atoms with Crippen LogP contribution in [0.5, 0.6) is 5.75 Å². The van der Waals surface area contributed by atoms with Gasteiger partial charge >= 0.3 is 0 Å². The number of ether oxygens (including phenoxy) is 2. The zero-order valence-corrected chi connectivity index (χ0v) is 19.7. The van der Waals surface area contributed by atoms with Crippen molar-refractivity contribution in [2.24, 2.45) is 0 Å². The summed E-state index contributed by atoms with van der Waals surface area (Å²) in [6, 6.07) is 16.5. The second kappa shape index (κ2) is 10.2. The van der Waals surface area contributed by atoms with E-state index in [2.05, 4.69) is 10.3 Å². The van der Waals surface area contributed by atoms with Crippen LogP contribution in [0.25, 0.3) is 10.9 Å². The second-order valence-electron chi connectivity index (χ2n) is 8.02. The van der Waals surface area contributed by atoms with E-state index in [1.54, 1.807) is 25.3 Å². The van der Waals surface area contributed by atoms with Crippen molar-refractivity contribution < 1.29 is 19.1 Å². The Kier molecular flexibility index (Phi) is 7.15. The highest BCUT2D eigenvalue weighted by Gasteiger charge is 2.26. The number of methoxy groups -OCH3 is 1. The number of nitrogens with zero attached hydrogens (tertiary/aromatic N) is 2. The molecule has 3 aromatic rings. The minimum absolute atomic E-state index is 0.0202. The maximum Gasteiger partial charge on any atom is 0.256 e. The van der Waals surface area contributed by atoms with Crippen molar-refractivity contribution in [2.45, 2.75) is 31.1 Å². The molecule has 1 aliphatic heterocycles. The quantitative estimate of drug-likeness (QED) is 0.549. The summed E-state index contributed by atoms with van der Waals surface area (Å²) in [7, 11) is 1.56. The summed E-state index contributed by atoms with van der Waals surface area (Å²) in [5.74, 6) is 0.607. The number of morpholine rings is 1. The van der Waals surface area contributed by atoms with E-state index in [4.69, 9.17) is 9.47 Å².